The normalized spacial score (nSPS) is 15.7. The molecule has 5 heteroatoms. The molecule has 1 aliphatic rings. The van der Waals surface area contributed by atoms with Crippen molar-refractivity contribution in [3.63, 3.8) is 0 Å². The molecule has 0 aromatic heterocycles. The number of carbonyl (C=O) groups is 1. The second-order valence-electron chi connectivity index (χ2n) is 3.20. The maximum atomic E-state index is 13.4. The number of nitrogens with zero attached hydrogens (tertiary/aromatic N) is 1. The van der Waals surface area contributed by atoms with Crippen molar-refractivity contribution in [2.24, 2.45) is 0 Å². The Kier molecular flexibility index (Phi) is 3.17. The van der Waals surface area contributed by atoms with Crippen molar-refractivity contribution >= 4 is 29.3 Å². The highest BCUT2D eigenvalue weighted by Crippen LogP contribution is 2.23. The molecule has 1 aromatic rings. The zero-order valence-corrected chi connectivity index (χ0v) is 9.45. The first-order valence-electron chi connectivity index (χ1n) is 4.51. The van der Waals surface area contributed by atoms with Crippen molar-refractivity contribution in [1.82, 2.24) is 4.90 Å². The van der Waals surface area contributed by atoms with Crippen LogP contribution in [0.25, 0.3) is 0 Å². The number of hydrogen-bond donors (Lipinski definition) is 0. The van der Waals surface area contributed by atoms with Crippen LogP contribution in [0.15, 0.2) is 18.2 Å². The Labute approximate surface area is 96.4 Å². The lowest BCUT2D eigenvalue weighted by molar-refractivity contribution is 0.0798. The summed E-state index contributed by atoms with van der Waals surface area (Å²) in [5.74, 6) is 0.647. The van der Waals surface area contributed by atoms with Gasteiger partial charge in [-0.2, -0.15) is 0 Å². The molecule has 1 saturated heterocycles. The lowest BCUT2D eigenvalue weighted by Gasteiger charge is -2.15. The minimum absolute atomic E-state index is 0.0123. The summed E-state index contributed by atoms with van der Waals surface area (Å²) >= 11 is 7.46. The van der Waals surface area contributed by atoms with Crippen LogP contribution < -0.4 is 0 Å². The van der Waals surface area contributed by atoms with Crippen LogP contribution in [0.1, 0.15) is 10.4 Å². The van der Waals surface area contributed by atoms with Gasteiger partial charge in [0.05, 0.1) is 16.5 Å². The smallest absolute Gasteiger partial charge is 0.259 e. The molecule has 0 aliphatic carbocycles. The fraction of sp³-hybridized carbons (Fsp3) is 0.300. The molecule has 0 bridgehead atoms. The van der Waals surface area contributed by atoms with E-state index in [2.05, 4.69) is 0 Å². The third-order valence-corrected chi connectivity index (χ3v) is 3.50. The van der Waals surface area contributed by atoms with Gasteiger partial charge in [0.1, 0.15) is 5.82 Å². The molecule has 0 unspecified atom stereocenters. The number of amides is 1. The molecule has 0 spiro atoms. The maximum absolute atomic E-state index is 13.4. The van der Waals surface area contributed by atoms with Gasteiger partial charge in [0, 0.05) is 12.3 Å². The summed E-state index contributed by atoms with van der Waals surface area (Å²) < 4.78 is 13.4. The summed E-state index contributed by atoms with van der Waals surface area (Å²) in [7, 11) is 0. The molecule has 1 fully saturated rings. The Hall–Kier alpha value is -0.740. The average molecular weight is 246 g/mol. The van der Waals surface area contributed by atoms with Crippen molar-refractivity contribution in [3.05, 3.63) is 34.6 Å². The molecule has 1 aliphatic heterocycles. The van der Waals surface area contributed by atoms with Crippen molar-refractivity contribution in [2.75, 3.05) is 18.2 Å². The van der Waals surface area contributed by atoms with Gasteiger partial charge in [-0.3, -0.25) is 4.79 Å². The predicted octanol–water partition coefficient (Wildman–Crippen LogP) is 2.63. The molecular weight excluding hydrogens is 237 g/mol. The summed E-state index contributed by atoms with van der Waals surface area (Å²) in [6.07, 6.45) is 0. The maximum Gasteiger partial charge on any atom is 0.259 e. The Morgan fingerprint density at radius 2 is 2.33 bits per heavy atom. The van der Waals surface area contributed by atoms with E-state index in [0.717, 1.165) is 5.75 Å². The second kappa shape index (κ2) is 4.41. The van der Waals surface area contributed by atoms with E-state index >= 15 is 0 Å². The van der Waals surface area contributed by atoms with E-state index < -0.39 is 5.82 Å². The molecule has 2 rings (SSSR count). The number of carbonyl (C=O) groups excluding carboxylic acids is 1. The zero-order chi connectivity index (χ0) is 10.8. The quantitative estimate of drug-likeness (QED) is 0.758. The molecule has 15 heavy (non-hydrogen) atoms. The van der Waals surface area contributed by atoms with Crippen LogP contribution in [0.3, 0.4) is 0 Å². The van der Waals surface area contributed by atoms with Crippen LogP contribution in [-0.4, -0.2) is 29.0 Å². The summed E-state index contributed by atoms with van der Waals surface area (Å²) in [4.78, 5) is 13.5. The van der Waals surface area contributed by atoms with Crippen molar-refractivity contribution in [3.8, 4) is 0 Å². The third-order valence-electron chi connectivity index (χ3n) is 2.22. The largest absolute Gasteiger partial charge is 0.328 e. The minimum atomic E-state index is -0.551. The lowest BCUT2D eigenvalue weighted by Crippen LogP contribution is -2.28. The molecule has 0 N–H and O–H groups in total. The molecule has 2 nitrogen and oxygen atoms in total. The van der Waals surface area contributed by atoms with Gasteiger partial charge in [-0.1, -0.05) is 17.7 Å². The first-order chi connectivity index (χ1) is 7.20. The number of hydrogen-bond acceptors (Lipinski definition) is 2. The zero-order valence-electron chi connectivity index (χ0n) is 7.87. The fourth-order valence-electron chi connectivity index (χ4n) is 1.43. The third kappa shape index (κ3) is 2.11. The Morgan fingerprint density at radius 3 is 2.93 bits per heavy atom. The van der Waals surface area contributed by atoms with Gasteiger partial charge in [0.25, 0.3) is 5.91 Å². The first-order valence-corrected chi connectivity index (χ1v) is 6.04. The van der Waals surface area contributed by atoms with Gasteiger partial charge in [0.2, 0.25) is 0 Å². The van der Waals surface area contributed by atoms with Crippen LogP contribution in [0.4, 0.5) is 4.39 Å². The van der Waals surface area contributed by atoms with Crippen LogP contribution in [0.2, 0.25) is 5.02 Å². The van der Waals surface area contributed by atoms with Gasteiger partial charge in [0.15, 0.2) is 0 Å². The van der Waals surface area contributed by atoms with E-state index in [1.54, 1.807) is 16.7 Å². The molecule has 1 heterocycles. The van der Waals surface area contributed by atoms with Crippen molar-refractivity contribution < 1.29 is 9.18 Å². The first kappa shape index (κ1) is 10.8. The van der Waals surface area contributed by atoms with E-state index in [1.807, 2.05) is 0 Å². The topological polar surface area (TPSA) is 20.3 Å². The van der Waals surface area contributed by atoms with Crippen molar-refractivity contribution in [1.29, 1.82) is 0 Å². The Balaban J connectivity index is 2.32. The predicted molar refractivity (Wildman–Crippen MR) is 59.8 cm³/mol. The van der Waals surface area contributed by atoms with E-state index in [1.165, 1.54) is 18.2 Å². The highest BCUT2D eigenvalue weighted by Gasteiger charge is 2.24. The molecule has 1 amide bonds. The van der Waals surface area contributed by atoms with E-state index in [9.17, 15) is 9.18 Å². The van der Waals surface area contributed by atoms with Crippen LogP contribution >= 0.6 is 23.4 Å². The Bertz CT molecular complexity index is 373. The second-order valence-corrected chi connectivity index (χ2v) is 4.68. The number of benzene rings is 1. The van der Waals surface area contributed by atoms with Crippen LogP contribution in [-0.2, 0) is 0 Å². The van der Waals surface area contributed by atoms with Gasteiger partial charge in [-0.25, -0.2) is 4.39 Å². The van der Waals surface area contributed by atoms with E-state index in [0.29, 0.717) is 12.4 Å². The minimum Gasteiger partial charge on any atom is -0.328 e. The van der Waals surface area contributed by atoms with Crippen molar-refractivity contribution in [2.45, 2.75) is 0 Å². The Morgan fingerprint density at radius 1 is 1.53 bits per heavy atom. The number of thioether (sulfide) groups is 1. The highest BCUT2D eigenvalue weighted by atomic mass is 35.5. The summed E-state index contributed by atoms with van der Waals surface area (Å²) in [6.45, 7) is 0.661. The highest BCUT2D eigenvalue weighted by molar-refractivity contribution is 7.99. The molecule has 0 saturated carbocycles. The molecule has 0 radical (unpaired) electrons. The van der Waals surface area contributed by atoms with Gasteiger partial charge < -0.3 is 4.90 Å². The molecular formula is C10H9ClFNOS. The van der Waals surface area contributed by atoms with Crippen LogP contribution in [0, 0.1) is 5.82 Å². The molecule has 0 atom stereocenters. The molecule has 80 valence electrons. The van der Waals surface area contributed by atoms with Gasteiger partial charge in [-0.15, -0.1) is 11.8 Å². The summed E-state index contributed by atoms with van der Waals surface area (Å²) in [6, 6.07) is 4.27. The summed E-state index contributed by atoms with van der Waals surface area (Å²) in [5, 5.41) is 0.178. The van der Waals surface area contributed by atoms with E-state index in [-0.39, 0.29) is 16.5 Å². The SMILES string of the molecule is O=C(c1c(F)cccc1Cl)N1CCSC1. The average Bonchev–Trinajstić information content (AvgIpc) is 2.69. The number of rotatable bonds is 1. The van der Waals surface area contributed by atoms with E-state index in [4.69, 9.17) is 11.6 Å². The van der Waals surface area contributed by atoms with Gasteiger partial charge >= 0.3 is 0 Å². The van der Waals surface area contributed by atoms with Crippen LogP contribution in [0.5, 0.6) is 0 Å². The standard InChI is InChI=1S/C10H9ClFNOS/c11-7-2-1-3-8(12)9(7)10(14)13-4-5-15-6-13/h1-3H,4-6H2. The van der Waals surface area contributed by atoms with Gasteiger partial charge in [-0.05, 0) is 12.1 Å². The lowest BCUT2D eigenvalue weighted by atomic mass is 10.2. The monoisotopic (exact) mass is 245 g/mol. The summed E-state index contributed by atoms with van der Waals surface area (Å²) in [5.41, 5.74) is -0.0123. The fourth-order valence-corrected chi connectivity index (χ4v) is 2.62. The molecule has 1 aromatic carbocycles. The number of halogens is 2.